The van der Waals surface area contributed by atoms with Crippen molar-refractivity contribution in [3.8, 4) is 0 Å². The fourth-order valence-corrected chi connectivity index (χ4v) is 2.77. The summed E-state index contributed by atoms with van der Waals surface area (Å²) in [6.07, 6.45) is 0.109. The standard InChI is InChI=1S/C13H18N2O5/c1-6-5-15(12(17)14-10(6)16)11-9-8(7(2)18-11)19-13(3,4)20-9/h5,7-9,11H,1-4H3,(H,14,16,17)/t7-,8-,9-,11-/m1/s1. The molecule has 0 spiro atoms. The maximum absolute atomic E-state index is 12.0. The number of aryl methyl sites for hydroxylation is 1. The van der Waals surface area contributed by atoms with E-state index < -0.39 is 23.3 Å². The Kier molecular flexibility index (Phi) is 2.89. The summed E-state index contributed by atoms with van der Waals surface area (Å²) in [5, 5.41) is 0. The van der Waals surface area contributed by atoms with Crippen LogP contribution in [0.1, 0.15) is 32.6 Å². The highest BCUT2D eigenvalue weighted by atomic mass is 16.8. The molecular weight excluding hydrogens is 264 g/mol. The number of aromatic nitrogens is 2. The van der Waals surface area contributed by atoms with Crippen molar-refractivity contribution < 1.29 is 14.2 Å². The van der Waals surface area contributed by atoms with Crippen molar-refractivity contribution in [1.29, 1.82) is 0 Å². The molecule has 0 aromatic carbocycles. The monoisotopic (exact) mass is 282 g/mol. The lowest BCUT2D eigenvalue weighted by atomic mass is 10.1. The summed E-state index contributed by atoms with van der Waals surface area (Å²) in [5.41, 5.74) is -0.452. The third-order valence-corrected chi connectivity index (χ3v) is 3.68. The maximum Gasteiger partial charge on any atom is 0.330 e. The summed E-state index contributed by atoms with van der Waals surface area (Å²) < 4.78 is 18.8. The lowest BCUT2D eigenvalue weighted by molar-refractivity contribution is -0.195. The molecule has 1 aromatic heterocycles. The number of aromatic amines is 1. The second-order valence-corrected chi connectivity index (χ2v) is 5.78. The first-order chi connectivity index (χ1) is 9.28. The molecule has 2 aliphatic rings. The van der Waals surface area contributed by atoms with E-state index in [1.807, 2.05) is 20.8 Å². The van der Waals surface area contributed by atoms with Gasteiger partial charge in [0.1, 0.15) is 12.2 Å². The molecular formula is C13H18N2O5. The second-order valence-electron chi connectivity index (χ2n) is 5.78. The third kappa shape index (κ3) is 2.02. The van der Waals surface area contributed by atoms with Gasteiger partial charge in [-0.2, -0.15) is 0 Å². The minimum Gasteiger partial charge on any atom is -0.349 e. The van der Waals surface area contributed by atoms with Crippen molar-refractivity contribution in [3.63, 3.8) is 0 Å². The number of hydrogen-bond donors (Lipinski definition) is 1. The van der Waals surface area contributed by atoms with Crippen LogP contribution in [0.15, 0.2) is 15.8 Å². The van der Waals surface area contributed by atoms with Gasteiger partial charge >= 0.3 is 5.69 Å². The summed E-state index contributed by atoms with van der Waals surface area (Å²) in [7, 11) is 0. The highest BCUT2D eigenvalue weighted by Crippen LogP contribution is 2.42. The Morgan fingerprint density at radius 1 is 1.25 bits per heavy atom. The number of ether oxygens (including phenoxy) is 3. The van der Waals surface area contributed by atoms with Crippen LogP contribution >= 0.6 is 0 Å². The molecule has 0 bridgehead atoms. The molecule has 0 amide bonds. The van der Waals surface area contributed by atoms with Crippen LogP contribution in [0.2, 0.25) is 0 Å². The lowest BCUT2D eigenvalue weighted by Crippen LogP contribution is -2.38. The van der Waals surface area contributed by atoms with Crippen LogP contribution in [0.3, 0.4) is 0 Å². The molecule has 1 aromatic rings. The van der Waals surface area contributed by atoms with Gasteiger partial charge in [-0.05, 0) is 27.7 Å². The smallest absolute Gasteiger partial charge is 0.330 e. The highest BCUT2D eigenvalue weighted by molar-refractivity contribution is 5.04. The number of fused-ring (bicyclic) bond motifs is 1. The molecule has 0 saturated carbocycles. The van der Waals surface area contributed by atoms with E-state index in [9.17, 15) is 9.59 Å². The second kappa shape index (κ2) is 4.28. The Morgan fingerprint density at radius 2 is 1.90 bits per heavy atom. The number of rotatable bonds is 1. The zero-order valence-electron chi connectivity index (χ0n) is 11.9. The van der Waals surface area contributed by atoms with Gasteiger partial charge in [-0.25, -0.2) is 4.79 Å². The maximum atomic E-state index is 12.0. The number of hydrogen-bond acceptors (Lipinski definition) is 5. The van der Waals surface area contributed by atoms with Crippen molar-refractivity contribution in [1.82, 2.24) is 9.55 Å². The van der Waals surface area contributed by atoms with E-state index in [4.69, 9.17) is 14.2 Å². The molecule has 4 atom stereocenters. The van der Waals surface area contributed by atoms with Crippen LogP contribution in [0.25, 0.3) is 0 Å². The van der Waals surface area contributed by atoms with E-state index in [0.29, 0.717) is 5.56 Å². The zero-order valence-corrected chi connectivity index (χ0v) is 11.9. The fourth-order valence-electron chi connectivity index (χ4n) is 2.77. The summed E-state index contributed by atoms with van der Waals surface area (Å²) >= 11 is 0. The van der Waals surface area contributed by atoms with E-state index in [1.165, 1.54) is 10.8 Å². The van der Waals surface area contributed by atoms with Gasteiger partial charge in [-0.3, -0.25) is 14.3 Å². The van der Waals surface area contributed by atoms with Crippen molar-refractivity contribution in [2.75, 3.05) is 0 Å². The van der Waals surface area contributed by atoms with Crippen molar-refractivity contribution >= 4 is 0 Å². The van der Waals surface area contributed by atoms with Crippen molar-refractivity contribution in [2.45, 2.75) is 58.0 Å². The van der Waals surface area contributed by atoms with Crippen LogP contribution in [-0.2, 0) is 14.2 Å². The minimum atomic E-state index is -0.702. The van der Waals surface area contributed by atoms with Crippen molar-refractivity contribution in [3.05, 3.63) is 32.6 Å². The molecule has 2 saturated heterocycles. The van der Waals surface area contributed by atoms with Crippen LogP contribution < -0.4 is 11.2 Å². The minimum absolute atomic E-state index is 0.189. The van der Waals surface area contributed by atoms with Gasteiger partial charge in [0.05, 0.1) is 6.10 Å². The zero-order chi connectivity index (χ0) is 14.7. The molecule has 2 fully saturated rings. The van der Waals surface area contributed by atoms with Gasteiger partial charge in [0.2, 0.25) is 0 Å². The first kappa shape index (κ1) is 13.5. The van der Waals surface area contributed by atoms with E-state index in [0.717, 1.165) is 0 Å². The van der Waals surface area contributed by atoms with Gasteiger partial charge in [0.25, 0.3) is 5.56 Å². The van der Waals surface area contributed by atoms with Gasteiger partial charge in [0.15, 0.2) is 12.0 Å². The SMILES string of the molecule is Cc1cn([C@@H]2O[C@H](C)[C@H]3OC(C)(C)O[C@H]32)c(=O)[nH]c1=O. The van der Waals surface area contributed by atoms with Gasteiger partial charge in [-0.1, -0.05) is 0 Å². The predicted octanol–water partition coefficient (Wildman–Crippen LogP) is 0.282. The Labute approximate surface area is 115 Å². The average Bonchev–Trinajstić information content (AvgIpc) is 2.80. The van der Waals surface area contributed by atoms with Crippen LogP contribution in [-0.4, -0.2) is 33.7 Å². The van der Waals surface area contributed by atoms with Crippen molar-refractivity contribution in [2.24, 2.45) is 0 Å². The molecule has 0 unspecified atom stereocenters. The largest absolute Gasteiger partial charge is 0.349 e. The highest BCUT2D eigenvalue weighted by Gasteiger charge is 2.54. The van der Waals surface area contributed by atoms with Crippen LogP contribution in [0.4, 0.5) is 0 Å². The quantitative estimate of drug-likeness (QED) is 0.800. The summed E-state index contributed by atoms with van der Waals surface area (Å²) in [5.74, 6) is -0.702. The Balaban J connectivity index is 2.01. The molecule has 7 heteroatoms. The molecule has 0 aliphatic carbocycles. The average molecular weight is 282 g/mol. The molecule has 110 valence electrons. The van der Waals surface area contributed by atoms with Crippen LogP contribution in [0, 0.1) is 6.92 Å². The molecule has 3 rings (SSSR count). The molecule has 1 N–H and O–H groups in total. The number of H-pyrrole nitrogens is 1. The molecule has 2 aliphatic heterocycles. The summed E-state index contributed by atoms with van der Waals surface area (Å²) in [6, 6.07) is 0. The fraction of sp³-hybridized carbons (Fsp3) is 0.692. The van der Waals surface area contributed by atoms with E-state index in [2.05, 4.69) is 4.98 Å². The number of nitrogens with zero attached hydrogens (tertiary/aromatic N) is 1. The first-order valence-corrected chi connectivity index (χ1v) is 6.62. The third-order valence-electron chi connectivity index (χ3n) is 3.68. The molecule has 3 heterocycles. The van der Waals surface area contributed by atoms with Crippen LogP contribution in [0.5, 0.6) is 0 Å². The van der Waals surface area contributed by atoms with E-state index in [1.54, 1.807) is 6.92 Å². The Hall–Kier alpha value is -1.44. The Morgan fingerprint density at radius 3 is 2.60 bits per heavy atom. The van der Waals surface area contributed by atoms with Gasteiger partial charge in [0, 0.05) is 11.8 Å². The van der Waals surface area contributed by atoms with E-state index >= 15 is 0 Å². The van der Waals surface area contributed by atoms with Gasteiger partial charge < -0.3 is 14.2 Å². The molecule has 0 radical (unpaired) electrons. The topological polar surface area (TPSA) is 82.6 Å². The normalized spacial score (nSPS) is 35.2. The summed E-state index contributed by atoms with van der Waals surface area (Å²) in [4.78, 5) is 25.7. The Bertz CT molecular complexity index is 647. The molecule has 7 nitrogen and oxygen atoms in total. The number of nitrogens with one attached hydrogen (secondary N) is 1. The molecule has 20 heavy (non-hydrogen) atoms. The summed E-state index contributed by atoms with van der Waals surface area (Å²) in [6.45, 7) is 7.18. The predicted molar refractivity (Wildman–Crippen MR) is 69.5 cm³/mol. The van der Waals surface area contributed by atoms with E-state index in [-0.39, 0.29) is 18.3 Å². The van der Waals surface area contributed by atoms with Gasteiger partial charge in [-0.15, -0.1) is 0 Å². The lowest BCUT2D eigenvalue weighted by Gasteiger charge is -2.24. The first-order valence-electron chi connectivity index (χ1n) is 6.62.